The zero-order valence-corrected chi connectivity index (χ0v) is 18.1. The number of para-hydroxylation sites is 2. The van der Waals surface area contributed by atoms with E-state index in [2.05, 4.69) is 5.32 Å². The minimum absolute atomic E-state index is 0.290. The Kier molecular flexibility index (Phi) is 5.83. The van der Waals surface area contributed by atoms with Gasteiger partial charge in [-0.2, -0.15) is 5.06 Å². The molecule has 2 N–H and O–H groups in total. The Hall–Kier alpha value is -3.84. The molecule has 1 fully saturated rings. The van der Waals surface area contributed by atoms with Crippen LogP contribution in [0.3, 0.4) is 0 Å². The normalized spacial score (nSPS) is 17.3. The summed E-state index contributed by atoms with van der Waals surface area (Å²) in [4.78, 5) is 29.7. The second kappa shape index (κ2) is 8.72. The molecule has 0 bridgehead atoms. The van der Waals surface area contributed by atoms with Crippen LogP contribution in [0.1, 0.15) is 19.4 Å². The minimum atomic E-state index is -0.954. The maximum atomic E-state index is 13.6. The van der Waals surface area contributed by atoms with Crippen LogP contribution in [0.5, 0.6) is 0 Å². The Labute approximate surface area is 187 Å². The van der Waals surface area contributed by atoms with Crippen molar-refractivity contribution >= 4 is 23.4 Å². The fraction of sp³-hybridized carbons (Fsp3) is 0.200. The average Bonchev–Trinajstić information content (AvgIpc) is 3.00. The molecule has 0 aliphatic carbocycles. The quantitative estimate of drug-likeness (QED) is 0.434. The van der Waals surface area contributed by atoms with Crippen LogP contribution in [0, 0.1) is 0 Å². The highest BCUT2D eigenvalue weighted by Crippen LogP contribution is 2.38. The van der Waals surface area contributed by atoms with E-state index in [-0.39, 0.29) is 6.03 Å². The fourth-order valence-corrected chi connectivity index (χ4v) is 4.04. The first-order valence-corrected chi connectivity index (χ1v) is 10.4. The van der Waals surface area contributed by atoms with Crippen LogP contribution in [0.15, 0.2) is 91.0 Å². The van der Waals surface area contributed by atoms with E-state index >= 15 is 0 Å². The molecule has 164 valence electrons. The zero-order chi connectivity index (χ0) is 22.7. The molecule has 4 rings (SSSR count). The Morgan fingerprint density at radius 3 is 2.06 bits per heavy atom. The predicted molar refractivity (Wildman–Crippen MR) is 123 cm³/mol. The van der Waals surface area contributed by atoms with E-state index in [0.29, 0.717) is 23.0 Å². The first-order chi connectivity index (χ1) is 15.4. The molecule has 1 atom stereocenters. The van der Waals surface area contributed by atoms with Crippen molar-refractivity contribution in [3.05, 3.63) is 96.6 Å². The smallest absolute Gasteiger partial charge is 0.311 e. The lowest BCUT2D eigenvalue weighted by Crippen LogP contribution is -2.58. The van der Waals surface area contributed by atoms with Gasteiger partial charge in [0.2, 0.25) is 0 Å². The molecule has 0 spiro atoms. The highest BCUT2D eigenvalue weighted by Gasteiger charge is 2.56. The van der Waals surface area contributed by atoms with Gasteiger partial charge < -0.3 is 10.2 Å². The van der Waals surface area contributed by atoms with Gasteiger partial charge in [0.1, 0.15) is 0 Å². The molecular formula is C25H26N4O3. The lowest BCUT2D eigenvalue weighted by molar-refractivity contribution is -0.0954. The molecule has 1 heterocycles. The third kappa shape index (κ3) is 4.02. The van der Waals surface area contributed by atoms with Crippen LogP contribution in [-0.4, -0.2) is 38.9 Å². The number of urea groups is 2. The van der Waals surface area contributed by atoms with Gasteiger partial charge in [-0.1, -0.05) is 66.7 Å². The zero-order valence-electron chi connectivity index (χ0n) is 18.1. The third-order valence-corrected chi connectivity index (χ3v) is 5.69. The molecule has 1 saturated heterocycles. The van der Waals surface area contributed by atoms with E-state index in [1.165, 1.54) is 4.90 Å². The van der Waals surface area contributed by atoms with Crippen LogP contribution in [0.2, 0.25) is 0 Å². The molecule has 0 saturated carbocycles. The summed E-state index contributed by atoms with van der Waals surface area (Å²) in [6.45, 7) is 4.04. The number of hydrogen-bond acceptors (Lipinski definition) is 3. The Bertz CT molecular complexity index is 1070. The molecule has 0 aromatic heterocycles. The van der Waals surface area contributed by atoms with Crippen LogP contribution >= 0.6 is 0 Å². The summed E-state index contributed by atoms with van der Waals surface area (Å²) in [5, 5.41) is 14.4. The third-order valence-electron chi connectivity index (χ3n) is 5.69. The number of hydroxylamine groups is 2. The Morgan fingerprint density at radius 1 is 0.938 bits per heavy atom. The number of nitrogens with one attached hydrogen (secondary N) is 1. The van der Waals surface area contributed by atoms with Crippen LogP contribution < -0.4 is 10.2 Å². The van der Waals surface area contributed by atoms with Crippen molar-refractivity contribution in [1.29, 1.82) is 0 Å². The van der Waals surface area contributed by atoms with Gasteiger partial charge in [-0.3, -0.25) is 10.1 Å². The van der Waals surface area contributed by atoms with Crippen molar-refractivity contribution in [2.24, 2.45) is 0 Å². The van der Waals surface area contributed by atoms with Gasteiger partial charge in [-0.15, -0.1) is 0 Å². The molecule has 1 aliphatic rings. The Balaban J connectivity index is 1.69. The molecule has 3 aromatic carbocycles. The number of amides is 4. The SMILES string of the molecule is CC1(C)C(N(O)C(=O)Nc2ccccc2)N(c2ccccc2)C(=O)N1Cc1ccccc1. The standard InChI is InChI=1S/C25H26N4O3/c1-25(2)22(29(32)23(30)26-20-14-8-4-9-15-20)28(21-16-10-5-11-17-21)24(31)27(25)18-19-12-6-3-7-13-19/h3-17,22,32H,18H2,1-2H3,(H,26,30). The molecular weight excluding hydrogens is 404 g/mol. The second-order valence-electron chi connectivity index (χ2n) is 8.23. The molecule has 7 nitrogen and oxygen atoms in total. The monoisotopic (exact) mass is 430 g/mol. The number of nitrogens with zero attached hydrogens (tertiary/aromatic N) is 3. The van der Waals surface area contributed by atoms with Gasteiger partial charge in [-0.05, 0) is 43.7 Å². The molecule has 32 heavy (non-hydrogen) atoms. The van der Waals surface area contributed by atoms with Gasteiger partial charge in [0, 0.05) is 17.9 Å². The number of rotatable bonds is 5. The van der Waals surface area contributed by atoms with E-state index in [4.69, 9.17) is 0 Å². The van der Waals surface area contributed by atoms with Crippen molar-refractivity contribution in [3.8, 4) is 0 Å². The van der Waals surface area contributed by atoms with E-state index in [0.717, 1.165) is 5.56 Å². The predicted octanol–water partition coefficient (Wildman–Crippen LogP) is 5.16. The van der Waals surface area contributed by atoms with E-state index in [1.54, 1.807) is 41.3 Å². The topological polar surface area (TPSA) is 76.1 Å². The summed E-state index contributed by atoms with van der Waals surface area (Å²) >= 11 is 0. The first kappa shape index (κ1) is 21.4. The maximum absolute atomic E-state index is 13.6. The van der Waals surface area contributed by atoms with E-state index < -0.39 is 17.7 Å². The molecule has 7 heteroatoms. The summed E-state index contributed by atoms with van der Waals surface area (Å²) < 4.78 is 0. The van der Waals surface area contributed by atoms with Crippen LogP contribution in [0.25, 0.3) is 0 Å². The number of anilines is 2. The number of hydrogen-bond donors (Lipinski definition) is 2. The summed E-state index contributed by atoms with van der Waals surface area (Å²) in [6.07, 6.45) is -0.954. The summed E-state index contributed by atoms with van der Waals surface area (Å²) in [5.74, 6) is 0. The molecule has 0 radical (unpaired) electrons. The van der Waals surface area contributed by atoms with Gasteiger partial charge in [-0.25, -0.2) is 9.59 Å². The van der Waals surface area contributed by atoms with Crippen LogP contribution in [-0.2, 0) is 6.54 Å². The first-order valence-electron chi connectivity index (χ1n) is 10.4. The maximum Gasteiger partial charge on any atom is 0.347 e. The van der Waals surface area contributed by atoms with E-state index in [1.807, 2.05) is 68.4 Å². The van der Waals surface area contributed by atoms with Gasteiger partial charge in [0.15, 0.2) is 6.17 Å². The fourth-order valence-electron chi connectivity index (χ4n) is 4.04. The van der Waals surface area contributed by atoms with Crippen LogP contribution in [0.4, 0.5) is 21.0 Å². The van der Waals surface area contributed by atoms with E-state index in [9.17, 15) is 14.8 Å². The lowest BCUT2D eigenvalue weighted by Gasteiger charge is -2.38. The van der Waals surface area contributed by atoms with Crippen molar-refractivity contribution < 1.29 is 14.8 Å². The van der Waals surface area contributed by atoms with Gasteiger partial charge in [0.25, 0.3) is 0 Å². The van der Waals surface area contributed by atoms with Gasteiger partial charge >= 0.3 is 12.1 Å². The summed E-state index contributed by atoms with van der Waals surface area (Å²) in [7, 11) is 0. The Morgan fingerprint density at radius 2 is 1.47 bits per heavy atom. The molecule has 1 unspecified atom stereocenters. The lowest BCUT2D eigenvalue weighted by atomic mass is 9.99. The minimum Gasteiger partial charge on any atom is -0.311 e. The van der Waals surface area contributed by atoms with Crippen molar-refractivity contribution in [2.45, 2.75) is 32.1 Å². The van der Waals surface area contributed by atoms with Crippen molar-refractivity contribution in [1.82, 2.24) is 9.96 Å². The largest absolute Gasteiger partial charge is 0.347 e. The molecule has 3 aromatic rings. The average molecular weight is 431 g/mol. The summed E-state index contributed by atoms with van der Waals surface area (Å²) in [6, 6.07) is 26.6. The molecule has 4 amide bonds. The molecule has 1 aliphatic heterocycles. The summed E-state index contributed by atoms with van der Waals surface area (Å²) in [5.41, 5.74) is 1.20. The highest BCUT2D eigenvalue weighted by atomic mass is 16.5. The number of carbonyl (C=O) groups is 2. The number of benzene rings is 3. The number of carbonyl (C=O) groups excluding carboxylic acids is 2. The highest BCUT2D eigenvalue weighted by molar-refractivity contribution is 5.98. The van der Waals surface area contributed by atoms with Crippen molar-refractivity contribution in [2.75, 3.05) is 10.2 Å². The second-order valence-corrected chi connectivity index (χ2v) is 8.23. The van der Waals surface area contributed by atoms with Gasteiger partial charge in [0.05, 0.1) is 5.54 Å². The van der Waals surface area contributed by atoms with Crippen molar-refractivity contribution in [3.63, 3.8) is 0 Å².